The van der Waals surface area contributed by atoms with Crippen LogP contribution in [0.3, 0.4) is 0 Å². The molecule has 4 rings (SSSR count). The van der Waals surface area contributed by atoms with Crippen LogP contribution >= 0.6 is 0 Å². The van der Waals surface area contributed by atoms with Gasteiger partial charge in [-0.2, -0.15) is 4.31 Å². The molecule has 0 amide bonds. The second-order valence-electron chi connectivity index (χ2n) is 10.9. The van der Waals surface area contributed by atoms with Crippen molar-refractivity contribution in [1.82, 2.24) is 4.31 Å². The molecule has 2 N–H and O–H groups in total. The van der Waals surface area contributed by atoms with Gasteiger partial charge in [0, 0.05) is 26.7 Å². The van der Waals surface area contributed by atoms with E-state index in [4.69, 9.17) is 9.47 Å². The summed E-state index contributed by atoms with van der Waals surface area (Å²) in [5.74, 6) is 0.516. The first kappa shape index (κ1) is 30.7. The number of benzene rings is 2. The standard InChI is InChI=1S/C30H39N3O7S/c1-20(2)17-33(41(37,38)24-12-10-23(39-4)11-13-24)18-26(34)25(16-21-8-6-5-7-9-21)31-27-28(30(36)29(27)35)32(3)22-14-15-40-19-22/h5-13,20,22,25-26,31,34H,14-19H2,1-4H3/t22-,25+,26-/m1/s1. The number of nitrogens with zero attached hydrogens (tertiary/aromatic N) is 2. The largest absolute Gasteiger partial charge is 0.497 e. The van der Waals surface area contributed by atoms with Crippen LogP contribution in [-0.4, -0.2) is 76.5 Å². The Labute approximate surface area is 241 Å². The minimum atomic E-state index is -3.96. The summed E-state index contributed by atoms with van der Waals surface area (Å²) in [5.41, 5.74) is 0.0491. The van der Waals surface area contributed by atoms with E-state index in [1.807, 2.05) is 44.2 Å². The summed E-state index contributed by atoms with van der Waals surface area (Å²) in [4.78, 5) is 27.2. The van der Waals surface area contributed by atoms with Crippen molar-refractivity contribution in [1.29, 1.82) is 0 Å². The summed E-state index contributed by atoms with van der Waals surface area (Å²) < 4.78 is 39.3. The lowest BCUT2D eigenvalue weighted by Crippen LogP contribution is -2.50. The maximum absolute atomic E-state index is 13.7. The van der Waals surface area contributed by atoms with Gasteiger partial charge in [0.1, 0.15) is 17.1 Å². The fraction of sp³-hybridized carbons (Fsp3) is 0.467. The molecule has 0 saturated carbocycles. The predicted molar refractivity (Wildman–Crippen MR) is 159 cm³/mol. The summed E-state index contributed by atoms with van der Waals surface area (Å²) in [5, 5.41) is 14.7. The maximum atomic E-state index is 13.7. The van der Waals surface area contributed by atoms with Gasteiger partial charge >= 0.3 is 0 Å². The molecule has 3 aromatic rings. The van der Waals surface area contributed by atoms with Crippen LogP contribution < -0.4 is 25.8 Å². The second kappa shape index (κ2) is 13.2. The molecule has 0 spiro atoms. The fourth-order valence-corrected chi connectivity index (χ4v) is 6.73. The lowest BCUT2D eigenvalue weighted by molar-refractivity contribution is 0.122. The predicted octanol–water partition coefficient (Wildman–Crippen LogP) is 2.25. The highest BCUT2D eigenvalue weighted by atomic mass is 32.2. The van der Waals surface area contributed by atoms with E-state index in [0.29, 0.717) is 25.4 Å². The first-order valence-corrected chi connectivity index (χ1v) is 15.2. The van der Waals surface area contributed by atoms with E-state index < -0.39 is 33.0 Å². The molecular weight excluding hydrogens is 546 g/mol. The molecule has 0 radical (unpaired) electrons. The number of aliphatic hydroxyl groups is 1. The number of nitrogens with one attached hydrogen (secondary N) is 1. The average Bonchev–Trinajstić information content (AvgIpc) is 3.51. The van der Waals surface area contributed by atoms with Gasteiger partial charge in [0.25, 0.3) is 10.9 Å². The van der Waals surface area contributed by atoms with Crippen LogP contribution in [0.15, 0.2) is 69.1 Å². The summed E-state index contributed by atoms with van der Waals surface area (Å²) in [6, 6.07) is 14.7. The molecule has 11 heteroatoms. The van der Waals surface area contributed by atoms with Gasteiger partial charge in [0.05, 0.1) is 36.8 Å². The van der Waals surface area contributed by atoms with E-state index in [9.17, 15) is 23.1 Å². The molecule has 0 aromatic heterocycles. The molecule has 0 bridgehead atoms. The SMILES string of the molecule is COc1ccc(S(=O)(=O)N(CC(C)C)C[C@@H](O)[C@H](Cc2ccccc2)Nc2c(N(C)[C@@H]3CCOC3)c(=O)c2=O)cc1. The molecule has 0 aliphatic carbocycles. The quantitative estimate of drug-likeness (QED) is 0.274. The number of methoxy groups -OCH3 is 1. The van der Waals surface area contributed by atoms with Gasteiger partial charge in [0.15, 0.2) is 0 Å². The Morgan fingerprint density at radius 1 is 1.05 bits per heavy atom. The number of hydrogen-bond donors (Lipinski definition) is 2. The van der Waals surface area contributed by atoms with Gasteiger partial charge in [-0.1, -0.05) is 44.2 Å². The van der Waals surface area contributed by atoms with Crippen LogP contribution in [0.2, 0.25) is 0 Å². The first-order chi connectivity index (χ1) is 19.5. The normalized spacial score (nSPS) is 17.2. The number of hydrogen-bond acceptors (Lipinski definition) is 9. The molecule has 1 aliphatic rings. The van der Waals surface area contributed by atoms with Gasteiger partial charge in [-0.05, 0) is 48.6 Å². The molecule has 222 valence electrons. The van der Waals surface area contributed by atoms with Gasteiger partial charge in [0.2, 0.25) is 10.0 Å². The van der Waals surface area contributed by atoms with Gasteiger partial charge in [-0.15, -0.1) is 0 Å². The highest BCUT2D eigenvalue weighted by Gasteiger charge is 2.35. The minimum Gasteiger partial charge on any atom is -0.497 e. The van der Waals surface area contributed by atoms with Crippen LogP contribution in [0.25, 0.3) is 0 Å². The highest BCUT2D eigenvalue weighted by molar-refractivity contribution is 7.89. The number of anilines is 2. The van der Waals surface area contributed by atoms with Crippen molar-refractivity contribution in [2.45, 2.75) is 49.8 Å². The van der Waals surface area contributed by atoms with Crippen LogP contribution in [-0.2, 0) is 21.2 Å². The summed E-state index contributed by atoms with van der Waals surface area (Å²) >= 11 is 0. The number of ether oxygens (including phenoxy) is 2. The molecule has 3 atom stereocenters. The smallest absolute Gasteiger partial charge is 0.253 e. The second-order valence-corrected chi connectivity index (χ2v) is 12.8. The lowest BCUT2D eigenvalue weighted by Gasteiger charge is -2.33. The number of rotatable bonds is 14. The van der Waals surface area contributed by atoms with E-state index in [1.54, 1.807) is 24.1 Å². The van der Waals surface area contributed by atoms with Gasteiger partial charge < -0.3 is 24.8 Å². The third-order valence-corrected chi connectivity index (χ3v) is 9.29. The molecule has 1 heterocycles. The first-order valence-electron chi connectivity index (χ1n) is 13.8. The zero-order valence-corrected chi connectivity index (χ0v) is 24.8. The van der Waals surface area contributed by atoms with Crippen molar-refractivity contribution >= 4 is 21.4 Å². The molecule has 0 unspecified atom stereocenters. The summed E-state index contributed by atoms with van der Waals surface area (Å²) in [6.45, 7) is 4.81. The maximum Gasteiger partial charge on any atom is 0.253 e. The molecule has 41 heavy (non-hydrogen) atoms. The molecule has 3 aromatic carbocycles. The zero-order valence-electron chi connectivity index (χ0n) is 23.9. The summed E-state index contributed by atoms with van der Waals surface area (Å²) in [7, 11) is -0.698. The third kappa shape index (κ3) is 6.98. The van der Waals surface area contributed by atoms with Crippen molar-refractivity contribution < 1.29 is 23.0 Å². The topological polar surface area (TPSA) is 125 Å². The van der Waals surface area contributed by atoms with Crippen LogP contribution in [0.5, 0.6) is 5.75 Å². The zero-order chi connectivity index (χ0) is 29.7. The molecule has 1 saturated heterocycles. The number of likely N-dealkylation sites (N-methyl/N-ethyl adjacent to an activating group) is 1. The Balaban J connectivity index is 1.63. The van der Waals surface area contributed by atoms with Crippen molar-refractivity contribution in [3.05, 3.63) is 80.6 Å². The van der Waals surface area contributed by atoms with Crippen LogP contribution in [0.4, 0.5) is 11.4 Å². The molecular formula is C30H39N3O7S. The van der Waals surface area contributed by atoms with E-state index in [1.165, 1.54) is 23.5 Å². The Bertz CT molecular complexity index is 1460. The average molecular weight is 586 g/mol. The van der Waals surface area contributed by atoms with Crippen molar-refractivity contribution in [2.24, 2.45) is 5.92 Å². The summed E-state index contributed by atoms with van der Waals surface area (Å²) in [6.07, 6.45) is -0.174. The Morgan fingerprint density at radius 3 is 2.32 bits per heavy atom. The van der Waals surface area contributed by atoms with E-state index in [0.717, 1.165) is 12.0 Å². The fourth-order valence-electron chi connectivity index (χ4n) is 5.11. The van der Waals surface area contributed by atoms with E-state index in [2.05, 4.69) is 5.32 Å². The van der Waals surface area contributed by atoms with E-state index in [-0.39, 0.29) is 41.3 Å². The minimum absolute atomic E-state index is 0.0156. The van der Waals surface area contributed by atoms with Gasteiger partial charge in [-0.3, -0.25) is 9.59 Å². The molecule has 10 nitrogen and oxygen atoms in total. The van der Waals surface area contributed by atoms with Crippen LogP contribution in [0, 0.1) is 5.92 Å². The molecule has 1 aliphatic heterocycles. The van der Waals surface area contributed by atoms with Crippen molar-refractivity contribution in [3.8, 4) is 5.75 Å². The monoisotopic (exact) mass is 585 g/mol. The Kier molecular flexibility index (Phi) is 9.85. The lowest BCUT2D eigenvalue weighted by atomic mass is 9.99. The van der Waals surface area contributed by atoms with Crippen molar-refractivity contribution in [2.75, 3.05) is 50.7 Å². The Hall–Kier alpha value is -3.25. The third-order valence-electron chi connectivity index (χ3n) is 7.44. The van der Waals surface area contributed by atoms with Crippen LogP contribution in [0.1, 0.15) is 25.8 Å². The molecule has 1 fully saturated rings. The highest BCUT2D eigenvalue weighted by Crippen LogP contribution is 2.27. The van der Waals surface area contributed by atoms with Gasteiger partial charge in [-0.25, -0.2) is 8.42 Å². The number of sulfonamides is 1. The number of aliphatic hydroxyl groups excluding tert-OH is 1. The van der Waals surface area contributed by atoms with Crippen molar-refractivity contribution in [3.63, 3.8) is 0 Å². The van der Waals surface area contributed by atoms with E-state index >= 15 is 0 Å². The Morgan fingerprint density at radius 2 is 1.73 bits per heavy atom.